The number of alkyl halides is 3. The van der Waals surface area contributed by atoms with E-state index in [0.717, 1.165) is 25.7 Å². The van der Waals surface area contributed by atoms with E-state index in [-0.39, 0.29) is 17.4 Å². The van der Waals surface area contributed by atoms with Gasteiger partial charge >= 0.3 is 6.18 Å². The zero-order valence-corrected chi connectivity index (χ0v) is 11.1. The highest BCUT2D eigenvalue weighted by Crippen LogP contribution is 2.37. The lowest BCUT2D eigenvalue weighted by molar-refractivity contribution is -0.0594. The van der Waals surface area contributed by atoms with Crippen molar-refractivity contribution in [2.45, 2.75) is 45.7 Å². The third-order valence-corrected chi connectivity index (χ3v) is 3.45. The van der Waals surface area contributed by atoms with Crippen LogP contribution in [0, 0.1) is 17.2 Å². The second-order valence-corrected chi connectivity index (χ2v) is 5.09. The average molecular weight is 262 g/mol. The largest absolute Gasteiger partial charge is 0.433 e. The van der Waals surface area contributed by atoms with Gasteiger partial charge in [0.2, 0.25) is 0 Å². The Hall–Kier alpha value is -1.00. The maximum absolute atomic E-state index is 12.8. The molecule has 0 bridgehead atoms. The molecule has 0 atom stereocenters. The second-order valence-electron chi connectivity index (χ2n) is 5.09. The molecule has 1 fully saturated rings. The maximum atomic E-state index is 12.8. The fourth-order valence-corrected chi connectivity index (χ4v) is 2.66. The third kappa shape index (κ3) is 3.27. The van der Waals surface area contributed by atoms with Gasteiger partial charge in [-0.25, -0.2) is 0 Å². The number of rotatable bonds is 4. The summed E-state index contributed by atoms with van der Waals surface area (Å²) in [6, 6.07) is 0. The van der Waals surface area contributed by atoms with E-state index in [1.807, 2.05) is 13.8 Å². The molecular weight excluding hydrogens is 241 g/mol. The zero-order chi connectivity index (χ0) is 13.9. The first-order valence-electron chi connectivity index (χ1n) is 6.37. The van der Waals surface area contributed by atoms with Crippen LogP contribution in [-0.4, -0.2) is 18.9 Å². The van der Waals surface area contributed by atoms with Gasteiger partial charge in [-0.3, -0.25) is 5.41 Å². The lowest BCUT2D eigenvalue weighted by atomic mass is 9.88. The summed E-state index contributed by atoms with van der Waals surface area (Å²) in [6.45, 7) is 3.70. The predicted molar refractivity (Wildman–Crippen MR) is 66.7 cm³/mol. The highest BCUT2D eigenvalue weighted by Gasteiger charge is 2.41. The fraction of sp³-hybridized carbons (Fsp3) is 0.769. The van der Waals surface area contributed by atoms with Crippen LogP contribution in [0.4, 0.5) is 13.2 Å². The first-order chi connectivity index (χ1) is 8.29. The van der Waals surface area contributed by atoms with E-state index in [1.165, 1.54) is 0 Å². The van der Waals surface area contributed by atoms with E-state index in [0.29, 0.717) is 5.70 Å². The molecule has 0 unspecified atom stereocenters. The van der Waals surface area contributed by atoms with E-state index in [2.05, 4.69) is 5.32 Å². The molecule has 0 spiro atoms. The quantitative estimate of drug-likeness (QED) is 0.741. The fourth-order valence-electron chi connectivity index (χ4n) is 2.66. The first kappa shape index (κ1) is 15.1. The molecule has 1 aliphatic rings. The van der Waals surface area contributed by atoms with Crippen LogP contribution in [0.3, 0.4) is 0 Å². The molecule has 2 nitrogen and oxygen atoms in total. The molecule has 0 heterocycles. The Bertz CT molecular complexity index is 337. The molecule has 18 heavy (non-hydrogen) atoms. The minimum atomic E-state index is -4.56. The van der Waals surface area contributed by atoms with E-state index in [1.54, 1.807) is 7.05 Å². The summed E-state index contributed by atoms with van der Waals surface area (Å²) in [5.74, 6) is -0.155. The van der Waals surface area contributed by atoms with Gasteiger partial charge in [-0.1, -0.05) is 26.7 Å². The van der Waals surface area contributed by atoms with Crippen LogP contribution in [0.15, 0.2) is 11.3 Å². The Morgan fingerprint density at radius 3 is 2.06 bits per heavy atom. The molecule has 0 amide bonds. The van der Waals surface area contributed by atoms with Gasteiger partial charge in [0.25, 0.3) is 0 Å². The Kier molecular flexibility index (Phi) is 4.82. The van der Waals surface area contributed by atoms with E-state index < -0.39 is 11.9 Å². The van der Waals surface area contributed by atoms with Crippen molar-refractivity contribution in [1.29, 1.82) is 5.41 Å². The van der Waals surface area contributed by atoms with Crippen LogP contribution in [0.25, 0.3) is 0 Å². The SMILES string of the molecule is CN/C(=C(\C(=N)C(F)(F)F)C1CCCC1)C(C)C. The van der Waals surface area contributed by atoms with Crippen LogP contribution in [0.5, 0.6) is 0 Å². The molecule has 1 aliphatic carbocycles. The van der Waals surface area contributed by atoms with Crippen molar-refractivity contribution in [1.82, 2.24) is 5.32 Å². The molecule has 0 aromatic carbocycles. The minimum Gasteiger partial charge on any atom is -0.391 e. The Morgan fingerprint density at radius 2 is 1.72 bits per heavy atom. The summed E-state index contributed by atoms with van der Waals surface area (Å²) in [4.78, 5) is 0. The lowest BCUT2D eigenvalue weighted by Crippen LogP contribution is -2.31. The van der Waals surface area contributed by atoms with Gasteiger partial charge in [0, 0.05) is 18.3 Å². The maximum Gasteiger partial charge on any atom is 0.433 e. The van der Waals surface area contributed by atoms with E-state index >= 15 is 0 Å². The third-order valence-electron chi connectivity index (χ3n) is 3.45. The highest BCUT2D eigenvalue weighted by atomic mass is 19.4. The van der Waals surface area contributed by atoms with Gasteiger partial charge in [-0.15, -0.1) is 0 Å². The molecule has 5 heteroatoms. The van der Waals surface area contributed by atoms with Gasteiger partial charge in [-0.2, -0.15) is 13.2 Å². The predicted octanol–water partition coefficient (Wildman–Crippen LogP) is 3.89. The van der Waals surface area contributed by atoms with Crippen molar-refractivity contribution < 1.29 is 13.2 Å². The van der Waals surface area contributed by atoms with Crippen molar-refractivity contribution >= 4 is 5.71 Å². The number of hydrogen-bond donors (Lipinski definition) is 2. The summed E-state index contributed by atoms with van der Waals surface area (Å²) < 4.78 is 38.5. The van der Waals surface area contributed by atoms with Crippen molar-refractivity contribution in [2.75, 3.05) is 7.05 Å². The Morgan fingerprint density at radius 1 is 1.22 bits per heavy atom. The average Bonchev–Trinajstić information content (AvgIpc) is 2.75. The molecule has 0 aromatic heterocycles. The van der Waals surface area contributed by atoms with Gasteiger partial charge < -0.3 is 5.32 Å². The van der Waals surface area contributed by atoms with Gasteiger partial charge in [0.1, 0.15) is 5.71 Å². The molecule has 0 saturated heterocycles. The van der Waals surface area contributed by atoms with Crippen molar-refractivity contribution in [3.05, 3.63) is 11.3 Å². The van der Waals surface area contributed by atoms with Crippen LogP contribution >= 0.6 is 0 Å². The summed E-state index contributed by atoms with van der Waals surface area (Å²) >= 11 is 0. The summed E-state index contributed by atoms with van der Waals surface area (Å²) in [5, 5.41) is 10.3. The van der Waals surface area contributed by atoms with Crippen LogP contribution in [0.1, 0.15) is 39.5 Å². The molecule has 2 N–H and O–H groups in total. The van der Waals surface area contributed by atoms with Crippen LogP contribution in [0.2, 0.25) is 0 Å². The molecule has 1 saturated carbocycles. The van der Waals surface area contributed by atoms with Gasteiger partial charge in [0.05, 0.1) is 0 Å². The normalized spacial score (nSPS) is 19.1. The first-order valence-corrected chi connectivity index (χ1v) is 6.37. The highest BCUT2D eigenvalue weighted by molar-refractivity contribution is 6.03. The number of halogens is 3. The smallest absolute Gasteiger partial charge is 0.391 e. The molecule has 104 valence electrons. The molecule has 0 radical (unpaired) electrons. The summed E-state index contributed by atoms with van der Waals surface area (Å²) in [7, 11) is 1.63. The van der Waals surface area contributed by atoms with Crippen LogP contribution < -0.4 is 5.32 Å². The van der Waals surface area contributed by atoms with Gasteiger partial charge in [-0.05, 0) is 24.7 Å². The number of allylic oxidation sites excluding steroid dienone is 2. The number of nitrogens with one attached hydrogen (secondary N) is 2. The number of hydrogen-bond acceptors (Lipinski definition) is 2. The van der Waals surface area contributed by atoms with Crippen molar-refractivity contribution in [3.63, 3.8) is 0 Å². The van der Waals surface area contributed by atoms with Crippen molar-refractivity contribution in [3.8, 4) is 0 Å². The summed E-state index contributed by atoms with van der Waals surface area (Å²) in [5.41, 5.74) is -0.436. The van der Waals surface area contributed by atoms with E-state index in [4.69, 9.17) is 5.41 Å². The van der Waals surface area contributed by atoms with Gasteiger partial charge in [0.15, 0.2) is 0 Å². The molecular formula is C13H21F3N2. The zero-order valence-electron chi connectivity index (χ0n) is 11.1. The second kappa shape index (κ2) is 5.76. The molecule has 0 aliphatic heterocycles. The topological polar surface area (TPSA) is 35.9 Å². The minimum absolute atomic E-state index is 0.0340. The Labute approximate surface area is 106 Å². The lowest BCUT2D eigenvalue weighted by Gasteiger charge is -2.24. The molecule has 0 aromatic rings. The van der Waals surface area contributed by atoms with Crippen LogP contribution in [-0.2, 0) is 0 Å². The Balaban J connectivity index is 3.20. The molecule has 1 rings (SSSR count). The standard InChI is InChI=1S/C13H21F3N2/c1-8(2)11(18-3)10(9-6-4-5-7-9)12(17)13(14,15)16/h8-9,17-18H,4-7H2,1-3H3/b11-10-,17-12?. The monoisotopic (exact) mass is 262 g/mol. The van der Waals surface area contributed by atoms with Crippen molar-refractivity contribution in [2.24, 2.45) is 11.8 Å². The summed E-state index contributed by atoms with van der Waals surface area (Å²) in [6.07, 6.45) is -1.14. The van der Waals surface area contributed by atoms with E-state index in [9.17, 15) is 13.2 Å².